The lowest BCUT2D eigenvalue weighted by Gasteiger charge is -2.09. The Hall–Kier alpha value is -4.58. The summed E-state index contributed by atoms with van der Waals surface area (Å²) in [4.78, 5) is 68.8. The Labute approximate surface area is 166 Å². The number of aromatic carboxylic acids is 4. The number of carboxylic acid groups (broad SMARTS) is 4. The third-order valence-electron chi connectivity index (χ3n) is 3.62. The average Bonchev–Trinajstić information content (AvgIpc) is 2.66. The standard InChI is InChI=1S/C18H10O11.H3N/c19-13(20)7-1-3-9(11(5-7)15(23)24)17(27)29-18(28)10-4-2-8(14(21)22)6-12(10)16(25)26;/h1-6H,(H,19,20)(H,21,22)(H,23,24)(H,25,26);1H3. The molecule has 7 N–H and O–H groups in total. The molecule has 0 fully saturated rings. The van der Waals surface area contributed by atoms with Gasteiger partial charge >= 0.3 is 35.8 Å². The summed E-state index contributed by atoms with van der Waals surface area (Å²) < 4.78 is 4.51. The van der Waals surface area contributed by atoms with Gasteiger partial charge in [-0.25, -0.2) is 28.8 Å². The molecular formula is C18H13NO11. The Morgan fingerprint density at radius 1 is 0.533 bits per heavy atom. The molecule has 0 aliphatic rings. The maximum Gasteiger partial charge on any atom is 0.346 e. The second kappa shape index (κ2) is 9.07. The van der Waals surface area contributed by atoms with Crippen molar-refractivity contribution in [1.82, 2.24) is 6.15 Å². The fourth-order valence-electron chi connectivity index (χ4n) is 2.26. The monoisotopic (exact) mass is 419 g/mol. The fraction of sp³-hybridized carbons (Fsp3) is 0. The van der Waals surface area contributed by atoms with Crippen molar-refractivity contribution in [3.05, 3.63) is 69.8 Å². The maximum absolute atomic E-state index is 12.2. The van der Waals surface area contributed by atoms with E-state index >= 15 is 0 Å². The van der Waals surface area contributed by atoms with Gasteiger partial charge in [-0.15, -0.1) is 0 Å². The zero-order valence-corrected chi connectivity index (χ0v) is 14.8. The van der Waals surface area contributed by atoms with E-state index < -0.39 is 69.2 Å². The summed E-state index contributed by atoms with van der Waals surface area (Å²) in [5.41, 5.74) is -3.64. The molecule has 2 aromatic rings. The molecule has 0 atom stereocenters. The Morgan fingerprint density at radius 3 is 1.13 bits per heavy atom. The van der Waals surface area contributed by atoms with Crippen LogP contribution in [0.4, 0.5) is 0 Å². The highest BCUT2D eigenvalue weighted by atomic mass is 16.6. The van der Waals surface area contributed by atoms with Gasteiger partial charge in [0.1, 0.15) is 0 Å². The summed E-state index contributed by atoms with van der Waals surface area (Å²) in [6.07, 6.45) is 0. The second-order valence-corrected chi connectivity index (χ2v) is 5.42. The topological polar surface area (TPSA) is 228 Å². The van der Waals surface area contributed by atoms with Crippen LogP contribution in [0.2, 0.25) is 0 Å². The molecule has 0 aliphatic heterocycles. The molecule has 2 rings (SSSR count). The minimum atomic E-state index is -1.66. The summed E-state index contributed by atoms with van der Waals surface area (Å²) in [5, 5.41) is 36.1. The van der Waals surface area contributed by atoms with Crippen LogP contribution in [-0.4, -0.2) is 56.2 Å². The highest BCUT2D eigenvalue weighted by Crippen LogP contribution is 2.18. The molecular weight excluding hydrogens is 406 g/mol. The van der Waals surface area contributed by atoms with Gasteiger partial charge in [0.2, 0.25) is 0 Å². The number of hydrogen-bond donors (Lipinski definition) is 5. The van der Waals surface area contributed by atoms with Crippen LogP contribution in [0.5, 0.6) is 0 Å². The van der Waals surface area contributed by atoms with Crippen LogP contribution in [0.3, 0.4) is 0 Å². The molecule has 0 spiro atoms. The van der Waals surface area contributed by atoms with E-state index in [1.807, 2.05) is 0 Å². The number of benzene rings is 2. The minimum Gasteiger partial charge on any atom is -0.478 e. The van der Waals surface area contributed by atoms with E-state index in [0.29, 0.717) is 12.1 Å². The number of hydrogen-bond acceptors (Lipinski definition) is 8. The Morgan fingerprint density at radius 2 is 0.867 bits per heavy atom. The molecule has 0 heterocycles. The highest BCUT2D eigenvalue weighted by molar-refractivity contribution is 6.11. The van der Waals surface area contributed by atoms with Gasteiger partial charge in [-0.2, -0.15) is 0 Å². The van der Waals surface area contributed by atoms with Gasteiger partial charge in [0.25, 0.3) is 0 Å². The predicted octanol–water partition coefficient (Wildman–Crippen LogP) is 1.64. The Kier molecular flexibility index (Phi) is 7.10. The van der Waals surface area contributed by atoms with E-state index in [9.17, 15) is 28.8 Å². The van der Waals surface area contributed by atoms with E-state index in [2.05, 4.69) is 4.74 Å². The first-order valence-corrected chi connectivity index (χ1v) is 7.50. The van der Waals surface area contributed by atoms with Crippen LogP contribution >= 0.6 is 0 Å². The summed E-state index contributed by atoms with van der Waals surface area (Å²) in [6.45, 7) is 0. The largest absolute Gasteiger partial charge is 0.478 e. The normalized spacial score (nSPS) is 9.73. The summed E-state index contributed by atoms with van der Waals surface area (Å²) >= 11 is 0. The van der Waals surface area contributed by atoms with Crippen LogP contribution in [0, 0.1) is 0 Å². The zero-order valence-electron chi connectivity index (χ0n) is 14.8. The maximum atomic E-state index is 12.2. The van der Waals surface area contributed by atoms with Crippen molar-refractivity contribution < 1.29 is 53.9 Å². The average molecular weight is 419 g/mol. The Bertz CT molecular complexity index is 1000. The van der Waals surface area contributed by atoms with E-state index in [1.54, 1.807) is 0 Å². The lowest BCUT2D eigenvalue weighted by molar-refractivity contribution is 0.0385. The van der Waals surface area contributed by atoms with Crippen molar-refractivity contribution in [3.8, 4) is 0 Å². The van der Waals surface area contributed by atoms with Crippen molar-refractivity contribution in [1.29, 1.82) is 0 Å². The molecule has 0 amide bonds. The molecule has 0 bridgehead atoms. The van der Waals surface area contributed by atoms with E-state index in [1.165, 1.54) is 0 Å². The lowest BCUT2D eigenvalue weighted by Crippen LogP contribution is -2.19. The molecule has 0 saturated carbocycles. The van der Waals surface area contributed by atoms with Crippen LogP contribution in [0.25, 0.3) is 0 Å². The van der Waals surface area contributed by atoms with Gasteiger partial charge in [-0.1, -0.05) is 0 Å². The van der Waals surface area contributed by atoms with Gasteiger partial charge < -0.3 is 31.3 Å². The fourth-order valence-corrected chi connectivity index (χ4v) is 2.26. The SMILES string of the molecule is N.O=C(O)c1ccc(C(=O)OC(=O)c2ccc(C(=O)O)cc2C(=O)O)c(C(=O)O)c1. The van der Waals surface area contributed by atoms with Crippen LogP contribution in [0.1, 0.15) is 62.1 Å². The molecule has 0 aliphatic carbocycles. The molecule has 0 radical (unpaired) electrons. The predicted molar refractivity (Wildman–Crippen MR) is 95.5 cm³/mol. The third-order valence-corrected chi connectivity index (χ3v) is 3.62. The van der Waals surface area contributed by atoms with Crippen molar-refractivity contribution in [2.75, 3.05) is 0 Å². The van der Waals surface area contributed by atoms with Crippen LogP contribution < -0.4 is 6.15 Å². The van der Waals surface area contributed by atoms with Crippen molar-refractivity contribution in [2.45, 2.75) is 0 Å². The van der Waals surface area contributed by atoms with Gasteiger partial charge in [-0.05, 0) is 36.4 Å². The molecule has 0 aromatic heterocycles. The smallest absolute Gasteiger partial charge is 0.346 e. The minimum absolute atomic E-state index is 0. The Balaban J connectivity index is 0.00000450. The van der Waals surface area contributed by atoms with Gasteiger partial charge in [0, 0.05) is 0 Å². The van der Waals surface area contributed by atoms with Crippen LogP contribution in [0.15, 0.2) is 36.4 Å². The molecule has 0 saturated heterocycles. The lowest BCUT2D eigenvalue weighted by atomic mass is 10.0. The first-order valence-electron chi connectivity index (χ1n) is 7.50. The van der Waals surface area contributed by atoms with Crippen molar-refractivity contribution in [2.24, 2.45) is 0 Å². The van der Waals surface area contributed by atoms with Crippen molar-refractivity contribution in [3.63, 3.8) is 0 Å². The van der Waals surface area contributed by atoms with E-state index in [4.69, 9.17) is 20.4 Å². The molecule has 2 aromatic carbocycles. The number of ether oxygens (including phenoxy) is 1. The molecule has 30 heavy (non-hydrogen) atoms. The zero-order chi connectivity index (χ0) is 21.9. The number of rotatable bonds is 6. The van der Waals surface area contributed by atoms with Gasteiger partial charge in [0.05, 0.1) is 33.4 Å². The van der Waals surface area contributed by atoms with Gasteiger partial charge in [-0.3, -0.25) is 0 Å². The molecule has 12 heteroatoms. The highest BCUT2D eigenvalue weighted by Gasteiger charge is 2.26. The summed E-state index contributed by atoms with van der Waals surface area (Å²) in [5.74, 6) is -9.17. The van der Waals surface area contributed by atoms with Crippen LogP contribution in [-0.2, 0) is 4.74 Å². The number of carboxylic acids is 4. The van der Waals surface area contributed by atoms with E-state index in [-0.39, 0.29) is 6.15 Å². The molecule has 0 unspecified atom stereocenters. The first-order chi connectivity index (χ1) is 13.5. The number of carbonyl (C=O) groups excluding carboxylic acids is 2. The molecule has 12 nitrogen and oxygen atoms in total. The van der Waals surface area contributed by atoms with Gasteiger partial charge in [0.15, 0.2) is 0 Å². The second-order valence-electron chi connectivity index (χ2n) is 5.42. The first kappa shape index (κ1) is 23.5. The summed E-state index contributed by atoms with van der Waals surface area (Å²) in [7, 11) is 0. The van der Waals surface area contributed by atoms with E-state index in [0.717, 1.165) is 24.3 Å². The number of esters is 2. The summed E-state index contributed by atoms with van der Waals surface area (Å²) in [6, 6.07) is 4.87. The third kappa shape index (κ3) is 4.82. The number of carbonyl (C=O) groups is 6. The molecule has 156 valence electrons. The quantitative estimate of drug-likeness (QED) is 0.332. The van der Waals surface area contributed by atoms with Crippen molar-refractivity contribution >= 4 is 35.8 Å².